The van der Waals surface area contributed by atoms with Gasteiger partial charge in [-0.15, -0.1) is 34.0 Å². The molecular formula is C22H17B2I4NO2S3. The average molecular weight is 953 g/mol. The maximum Gasteiger partial charge on any atom is 0.181 e. The number of fused-ring (bicyclic) bond motifs is 1. The molecular weight excluding hydrogens is 936 g/mol. The molecule has 0 amide bonds. The quantitative estimate of drug-likeness (QED) is 0.0858. The topological polar surface area (TPSA) is 21.7 Å². The molecule has 3 aromatic heterocycles. The van der Waals surface area contributed by atoms with E-state index in [9.17, 15) is 0 Å². The molecule has 174 valence electrons. The highest BCUT2D eigenvalue weighted by molar-refractivity contribution is 14.2. The zero-order valence-electron chi connectivity index (χ0n) is 18.1. The molecule has 34 heavy (non-hydrogen) atoms. The van der Waals surface area contributed by atoms with Gasteiger partial charge in [0.1, 0.15) is 16.1 Å². The first kappa shape index (κ1) is 26.4. The number of benzene rings is 1. The fourth-order valence-electron chi connectivity index (χ4n) is 3.87. The molecule has 0 saturated carbocycles. The van der Waals surface area contributed by atoms with Gasteiger partial charge < -0.3 is 14.4 Å². The van der Waals surface area contributed by atoms with Crippen LogP contribution in [0.1, 0.15) is 0 Å². The molecule has 1 aromatic carbocycles. The summed E-state index contributed by atoms with van der Waals surface area (Å²) in [5.74, 6) is 1.76. The standard InChI is InChI=1S/C22H17B2I4NO2S3/c23-21(25,26)29(22(24,27)28)13-5-3-12(4-6-13)19-17-18(31-10-9-30-17)20(34-19)16-8-7-15(33-16)14-2-1-11-32-14/h1-8,11H,9-10,23-24H2. The summed E-state index contributed by atoms with van der Waals surface area (Å²) < 4.78 is 12.2. The highest BCUT2D eigenvalue weighted by atomic mass is 127. The highest BCUT2D eigenvalue weighted by Crippen LogP contribution is 2.55. The molecule has 4 heterocycles. The summed E-state index contributed by atoms with van der Waals surface area (Å²) in [6.07, 6.45) is 0. The second-order valence-electron chi connectivity index (χ2n) is 7.82. The molecule has 0 bridgehead atoms. The highest BCUT2D eigenvalue weighted by Gasteiger charge is 2.37. The van der Waals surface area contributed by atoms with E-state index in [1.54, 1.807) is 22.7 Å². The lowest BCUT2D eigenvalue weighted by molar-refractivity contribution is 0.175. The smallest absolute Gasteiger partial charge is 0.181 e. The Hall–Kier alpha value is 0.770. The van der Waals surface area contributed by atoms with Crippen LogP contribution in [0.2, 0.25) is 0 Å². The van der Waals surface area contributed by atoms with Gasteiger partial charge in [-0.3, -0.25) is 0 Å². The molecule has 1 aliphatic rings. The summed E-state index contributed by atoms with van der Waals surface area (Å²) in [6.45, 7) is 1.16. The first-order chi connectivity index (χ1) is 16.1. The van der Waals surface area contributed by atoms with Gasteiger partial charge in [0.2, 0.25) is 0 Å². The van der Waals surface area contributed by atoms with E-state index >= 15 is 0 Å². The molecule has 0 aliphatic carbocycles. The summed E-state index contributed by atoms with van der Waals surface area (Å²) in [7, 11) is 4.46. The van der Waals surface area contributed by atoms with Gasteiger partial charge in [-0.05, 0) is 41.3 Å². The normalized spacial score (nSPS) is 13.8. The number of rotatable bonds is 6. The summed E-state index contributed by atoms with van der Waals surface area (Å²) in [4.78, 5) is 8.53. The van der Waals surface area contributed by atoms with E-state index in [1.165, 1.54) is 20.3 Å². The Balaban J connectivity index is 1.53. The second-order valence-corrected chi connectivity index (χ2v) is 23.4. The van der Waals surface area contributed by atoms with Crippen LogP contribution in [-0.4, -0.2) is 31.8 Å². The van der Waals surface area contributed by atoms with Gasteiger partial charge in [0.05, 0.1) is 9.75 Å². The summed E-state index contributed by atoms with van der Waals surface area (Å²) >= 11 is 15.4. The van der Waals surface area contributed by atoms with Crippen molar-refractivity contribution in [2.24, 2.45) is 0 Å². The third kappa shape index (κ3) is 5.47. The van der Waals surface area contributed by atoms with Crippen LogP contribution < -0.4 is 14.4 Å². The molecule has 0 radical (unpaired) electrons. The van der Waals surface area contributed by atoms with E-state index < -0.39 is 0 Å². The predicted octanol–water partition coefficient (Wildman–Crippen LogP) is 7.68. The van der Waals surface area contributed by atoms with Gasteiger partial charge in [-0.25, -0.2) is 0 Å². The Morgan fingerprint density at radius 2 is 1.35 bits per heavy atom. The Kier molecular flexibility index (Phi) is 8.15. The minimum absolute atomic E-state index is 0.0557. The number of hydrogen-bond donors (Lipinski definition) is 0. The van der Waals surface area contributed by atoms with Crippen molar-refractivity contribution in [1.29, 1.82) is 0 Å². The Labute approximate surface area is 267 Å². The second kappa shape index (κ2) is 10.5. The number of alkyl halides is 4. The Morgan fingerprint density at radius 1 is 0.735 bits per heavy atom. The van der Waals surface area contributed by atoms with E-state index in [4.69, 9.17) is 9.47 Å². The first-order valence-corrected chi connectivity index (χ1v) is 17.2. The van der Waals surface area contributed by atoms with Gasteiger partial charge in [0.25, 0.3) is 0 Å². The predicted molar refractivity (Wildman–Crippen MR) is 188 cm³/mol. The average Bonchev–Trinajstić information content (AvgIpc) is 3.51. The monoisotopic (exact) mass is 953 g/mol. The minimum Gasteiger partial charge on any atom is -0.485 e. The van der Waals surface area contributed by atoms with E-state index in [0.717, 1.165) is 26.8 Å². The van der Waals surface area contributed by atoms with Gasteiger partial charge in [0, 0.05) is 20.3 Å². The van der Waals surface area contributed by atoms with Crippen molar-refractivity contribution in [2.45, 2.75) is 2.90 Å². The van der Waals surface area contributed by atoms with E-state index in [1.807, 2.05) is 11.3 Å². The number of anilines is 1. The van der Waals surface area contributed by atoms with Crippen LogP contribution in [0, 0.1) is 0 Å². The molecule has 0 N–H and O–H groups in total. The SMILES string of the molecule is BC(I)(I)N(c1ccc(-c2sc(-c3ccc(-c4cccs4)s3)c3c2OCCO3)cc1)C(B)(I)I. The van der Waals surface area contributed by atoms with Gasteiger partial charge in [-0.1, -0.05) is 109 Å². The van der Waals surface area contributed by atoms with Crippen LogP contribution in [-0.2, 0) is 0 Å². The molecule has 0 fully saturated rings. The third-order valence-electron chi connectivity index (χ3n) is 5.17. The van der Waals surface area contributed by atoms with Crippen LogP contribution in [0.25, 0.3) is 29.9 Å². The van der Waals surface area contributed by atoms with Crippen molar-refractivity contribution in [3.8, 4) is 41.4 Å². The largest absolute Gasteiger partial charge is 0.485 e. The van der Waals surface area contributed by atoms with Crippen molar-refractivity contribution in [2.75, 3.05) is 18.1 Å². The number of halogens is 4. The van der Waals surface area contributed by atoms with Crippen molar-refractivity contribution in [3.63, 3.8) is 0 Å². The maximum absolute atomic E-state index is 6.15. The van der Waals surface area contributed by atoms with Crippen LogP contribution in [0.3, 0.4) is 0 Å². The lowest BCUT2D eigenvalue weighted by atomic mass is 10.0. The van der Waals surface area contributed by atoms with Crippen LogP contribution in [0.5, 0.6) is 11.5 Å². The molecule has 4 aromatic rings. The number of thiophene rings is 3. The molecule has 0 unspecified atom stereocenters. The lowest BCUT2D eigenvalue weighted by Gasteiger charge is -2.43. The third-order valence-corrected chi connectivity index (χ3v) is 10.6. The van der Waals surface area contributed by atoms with Crippen molar-refractivity contribution in [3.05, 3.63) is 53.9 Å². The minimum atomic E-state index is -0.0557. The van der Waals surface area contributed by atoms with Crippen molar-refractivity contribution >= 4 is 146 Å². The number of hydrogen-bond acceptors (Lipinski definition) is 6. The fourth-order valence-corrected chi connectivity index (χ4v) is 11.9. The van der Waals surface area contributed by atoms with Crippen LogP contribution in [0.15, 0.2) is 53.9 Å². The van der Waals surface area contributed by atoms with E-state index in [2.05, 4.69) is 165 Å². The van der Waals surface area contributed by atoms with Crippen molar-refractivity contribution < 1.29 is 9.47 Å². The van der Waals surface area contributed by atoms with Gasteiger partial charge >= 0.3 is 0 Å². The van der Waals surface area contributed by atoms with Gasteiger partial charge in [-0.2, -0.15) is 0 Å². The molecule has 5 rings (SSSR count). The molecule has 0 spiro atoms. The Bertz CT molecular complexity index is 1280. The summed E-state index contributed by atoms with van der Waals surface area (Å²) in [6, 6.07) is 17.5. The molecule has 3 nitrogen and oxygen atoms in total. The summed E-state index contributed by atoms with van der Waals surface area (Å²) in [5.41, 5.74) is 2.35. The number of ether oxygens (including phenoxy) is 2. The zero-order chi connectivity index (χ0) is 24.1. The lowest BCUT2D eigenvalue weighted by Crippen LogP contribution is -2.49. The first-order valence-electron chi connectivity index (χ1n) is 10.4. The fraction of sp³-hybridized carbons (Fsp3) is 0.182. The molecule has 1 aliphatic heterocycles. The summed E-state index contributed by atoms with van der Waals surface area (Å²) in [5, 5.41) is 2.12. The molecule has 0 atom stereocenters. The van der Waals surface area contributed by atoms with E-state index in [0.29, 0.717) is 13.2 Å². The van der Waals surface area contributed by atoms with Gasteiger partial charge in [0.15, 0.2) is 27.2 Å². The number of nitrogens with zero attached hydrogens (tertiary/aromatic N) is 1. The van der Waals surface area contributed by atoms with Crippen LogP contribution >= 0.6 is 124 Å². The maximum atomic E-state index is 6.15. The Morgan fingerprint density at radius 3 is 1.94 bits per heavy atom. The van der Waals surface area contributed by atoms with Crippen molar-refractivity contribution in [1.82, 2.24) is 0 Å². The van der Waals surface area contributed by atoms with E-state index in [-0.39, 0.29) is 2.90 Å². The molecule has 12 heteroatoms. The van der Waals surface area contributed by atoms with Crippen LogP contribution in [0.4, 0.5) is 5.69 Å². The molecule has 0 saturated heterocycles. The zero-order valence-corrected chi connectivity index (χ0v) is 29.2.